The van der Waals surface area contributed by atoms with Crippen LogP contribution in [-0.2, 0) is 9.84 Å². The van der Waals surface area contributed by atoms with Crippen molar-refractivity contribution >= 4 is 26.3 Å². The number of sulfone groups is 1. The smallest absolute Gasteiger partial charge is 0.207 e. The summed E-state index contributed by atoms with van der Waals surface area (Å²) >= 11 is 0. The lowest BCUT2D eigenvalue weighted by Crippen LogP contribution is -2.57. The summed E-state index contributed by atoms with van der Waals surface area (Å²) in [5.41, 5.74) is 1.11. The molecular formula is C22H24N2O2S. The maximum atomic E-state index is 13.2. The first-order chi connectivity index (χ1) is 12.9. The van der Waals surface area contributed by atoms with Crippen LogP contribution in [0.2, 0.25) is 0 Å². The minimum absolute atomic E-state index is 0.0220. The zero-order valence-corrected chi connectivity index (χ0v) is 16.5. The molecule has 0 spiro atoms. The molecule has 3 aromatic rings. The zero-order valence-electron chi connectivity index (χ0n) is 15.6. The Morgan fingerprint density at radius 3 is 2.26 bits per heavy atom. The number of rotatable bonds is 3. The summed E-state index contributed by atoms with van der Waals surface area (Å²) in [5, 5.41) is 5.28. The van der Waals surface area contributed by atoms with Crippen LogP contribution in [0.1, 0.15) is 13.8 Å². The van der Waals surface area contributed by atoms with Gasteiger partial charge in [-0.25, -0.2) is 8.42 Å². The molecule has 0 aliphatic carbocycles. The van der Waals surface area contributed by atoms with Crippen LogP contribution in [0.5, 0.6) is 0 Å². The minimum atomic E-state index is -3.57. The van der Waals surface area contributed by atoms with Crippen molar-refractivity contribution in [1.82, 2.24) is 5.32 Å². The fraction of sp³-hybridized carbons (Fsp3) is 0.273. The average Bonchev–Trinajstić information content (AvgIpc) is 2.67. The molecule has 4 nitrogen and oxygen atoms in total. The molecule has 0 unspecified atom stereocenters. The molecule has 27 heavy (non-hydrogen) atoms. The number of hydrogen-bond donors (Lipinski definition) is 1. The van der Waals surface area contributed by atoms with Gasteiger partial charge in [-0.15, -0.1) is 0 Å². The SMILES string of the molecule is CC1(C)CN(c2ccc(S(=O)(=O)c3ccccc3)c3ccccc23)CCN1. The largest absolute Gasteiger partial charge is 0.368 e. The second-order valence-corrected chi connectivity index (χ2v) is 9.60. The molecule has 1 aliphatic heterocycles. The minimum Gasteiger partial charge on any atom is -0.368 e. The molecule has 1 heterocycles. The summed E-state index contributed by atoms with van der Waals surface area (Å²) < 4.78 is 26.4. The van der Waals surface area contributed by atoms with E-state index in [0.29, 0.717) is 9.79 Å². The Morgan fingerprint density at radius 1 is 0.889 bits per heavy atom. The van der Waals surface area contributed by atoms with E-state index in [9.17, 15) is 8.42 Å². The van der Waals surface area contributed by atoms with Crippen molar-refractivity contribution in [1.29, 1.82) is 0 Å². The van der Waals surface area contributed by atoms with E-state index in [0.717, 1.165) is 36.1 Å². The zero-order chi connectivity index (χ0) is 19.1. The first kappa shape index (κ1) is 18.0. The third-order valence-corrected chi connectivity index (χ3v) is 6.94. The summed E-state index contributed by atoms with van der Waals surface area (Å²) in [6, 6.07) is 20.1. The quantitative estimate of drug-likeness (QED) is 0.750. The number of nitrogens with one attached hydrogen (secondary N) is 1. The Labute approximate surface area is 160 Å². The average molecular weight is 381 g/mol. The van der Waals surface area contributed by atoms with Crippen LogP contribution in [0.4, 0.5) is 5.69 Å². The molecule has 0 bridgehead atoms. The van der Waals surface area contributed by atoms with Gasteiger partial charge in [0.2, 0.25) is 9.84 Å². The first-order valence-corrected chi connectivity index (χ1v) is 10.7. The summed E-state index contributed by atoms with van der Waals surface area (Å²) in [6.45, 7) is 7.07. The van der Waals surface area contributed by atoms with Gasteiger partial charge >= 0.3 is 0 Å². The third kappa shape index (κ3) is 3.33. The normalized spacial score (nSPS) is 17.2. The van der Waals surface area contributed by atoms with Crippen molar-refractivity contribution in [2.75, 3.05) is 24.5 Å². The Bertz CT molecular complexity index is 1080. The van der Waals surface area contributed by atoms with Gasteiger partial charge in [0.05, 0.1) is 9.79 Å². The highest BCUT2D eigenvalue weighted by Crippen LogP contribution is 2.35. The number of piperazine rings is 1. The topological polar surface area (TPSA) is 49.4 Å². The lowest BCUT2D eigenvalue weighted by Gasteiger charge is -2.41. The molecule has 5 heteroatoms. The molecule has 1 fully saturated rings. The van der Waals surface area contributed by atoms with Crippen molar-refractivity contribution in [3.05, 3.63) is 66.7 Å². The summed E-state index contributed by atoms with van der Waals surface area (Å²) in [5.74, 6) is 0. The molecule has 1 saturated heterocycles. The van der Waals surface area contributed by atoms with Gasteiger partial charge in [-0.1, -0.05) is 42.5 Å². The lowest BCUT2D eigenvalue weighted by molar-refractivity contribution is 0.353. The highest BCUT2D eigenvalue weighted by atomic mass is 32.2. The van der Waals surface area contributed by atoms with Crippen molar-refractivity contribution in [2.24, 2.45) is 0 Å². The molecule has 4 rings (SSSR count). The number of fused-ring (bicyclic) bond motifs is 1. The van der Waals surface area contributed by atoms with Crippen LogP contribution in [0.15, 0.2) is 76.5 Å². The summed E-state index contributed by atoms with van der Waals surface area (Å²) in [7, 11) is -3.57. The second kappa shape index (κ2) is 6.66. The molecule has 0 amide bonds. The summed E-state index contributed by atoms with van der Waals surface area (Å²) in [6.07, 6.45) is 0. The van der Waals surface area contributed by atoms with Crippen LogP contribution in [0, 0.1) is 0 Å². The van der Waals surface area contributed by atoms with Crippen molar-refractivity contribution < 1.29 is 8.42 Å². The standard InChI is InChI=1S/C22H24N2O2S/c1-22(2)16-24(15-14-23-22)20-12-13-21(19-11-7-6-10-18(19)20)27(25,26)17-8-4-3-5-9-17/h3-13,23H,14-16H2,1-2H3. The first-order valence-electron chi connectivity index (χ1n) is 9.20. The van der Waals surface area contributed by atoms with Gasteiger partial charge in [-0.05, 0) is 38.1 Å². The van der Waals surface area contributed by atoms with E-state index < -0.39 is 9.84 Å². The third-order valence-electron chi connectivity index (χ3n) is 5.12. The molecule has 3 aromatic carbocycles. The van der Waals surface area contributed by atoms with Gasteiger partial charge < -0.3 is 10.2 Å². The molecule has 0 aromatic heterocycles. The number of benzene rings is 3. The second-order valence-electron chi connectivity index (χ2n) is 7.68. The van der Waals surface area contributed by atoms with E-state index in [4.69, 9.17) is 0 Å². The summed E-state index contributed by atoms with van der Waals surface area (Å²) in [4.78, 5) is 3.03. The van der Waals surface area contributed by atoms with Gasteiger partial charge in [0.1, 0.15) is 0 Å². The van der Waals surface area contributed by atoms with E-state index in [2.05, 4.69) is 24.1 Å². The number of anilines is 1. The lowest BCUT2D eigenvalue weighted by atomic mass is 10.00. The predicted molar refractivity (Wildman–Crippen MR) is 110 cm³/mol. The maximum Gasteiger partial charge on any atom is 0.207 e. The molecule has 1 N–H and O–H groups in total. The van der Waals surface area contributed by atoms with Crippen LogP contribution in [-0.4, -0.2) is 33.6 Å². The molecule has 0 radical (unpaired) electrons. The Kier molecular flexibility index (Phi) is 4.44. The molecule has 140 valence electrons. The Balaban J connectivity index is 1.87. The highest BCUT2D eigenvalue weighted by molar-refractivity contribution is 7.91. The fourth-order valence-corrected chi connectivity index (χ4v) is 5.32. The molecule has 0 atom stereocenters. The van der Waals surface area contributed by atoms with E-state index in [1.54, 1.807) is 30.3 Å². The van der Waals surface area contributed by atoms with Crippen molar-refractivity contribution in [2.45, 2.75) is 29.2 Å². The van der Waals surface area contributed by atoms with Crippen LogP contribution in [0.3, 0.4) is 0 Å². The monoisotopic (exact) mass is 380 g/mol. The van der Waals surface area contributed by atoms with E-state index >= 15 is 0 Å². The Hall–Kier alpha value is -2.37. The van der Waals surface area contributed by atoms with Gasteiger partial charge in [0, 0.05) is 41.6 Å². The van der Waals surface area contributed by atoms with Crippen LogP contribution >= 0.6 is 0 Å². The van der Waals surface area contributed by atoms with Gasteiger partial charge in [-0.2, -0.15) is 0 Å². The van der Waals surface area contributed by atoms with Crippen molar-refractivity contribution in [3.8, 4) is 0 Å². The van der Waals surface area contributed by atoms with Gasteiger partial charge in [0.15, 0.2) is 0 Å². The highest BCUT2D eigenvalue weighted by Gasteiger charge is 2.28. The molecule has 0 saturated carbocycles. The van der Waals surface area contributed by atoms with E-state index in [1.165, 1.54) is 0 Å². The number of nitrogens with zero attached hydrogens (tertiary/aromatic N) is 1. The Morgan fingerprint density at radius 2 is 1.56 bits per heavy atom. The number of hydrogen-bond acceptors (Lipinski definition) is 4. The molecule has 1 aliphatic rings. The van der Waals surface area contributed by atoms with E-state index in [-0.39, 0.29) is 5.54 Å². The fourth-order valence-electron chi connectivity index (χ4n) is 3.84. The van der Waals surface area contributed by atoms with Gasteiger partial charge in [-0.3, -0.25) is 0 Å². The van der Waals surface area contributed by atoms with Gasteiger partial charge in [0.25, 0.3) is 0 Å². The predicted octanol–water partition coefficient (Wildman–Crippen LogP) is 3.86. The molecular weight excluding hydrogens is 356 g/mol. The maximum absolute atomic E-state index is 13.2. The van der Waals surface area contributed by atoms with Crippen LogP contribution < -0.4 is 10.2 Å². The van der Waals surface area contributed by atoms with Crippen molar-refractivity contribution in [3.63, 3.8) is 0 Å². The van der Waals surface area contributed by atoms with E-state index in [1.807, 2.05) is 36.4 Å². The van der Waals surface area contributed by atoms with Crippen LogP contribution in [0.25, 0.3) is 10.8 Å².